The first-order valence-electron chi connectivity index (χ1n) is 7.34. The van der Waals surface area contributed by atoms with Gasteiger partial charge in [-0.2, -0.15) is 0 Å². The average molecular weight is 261 g/mol. The lowest BCUT2D eigenvalue weighted by Gasteiger charge is -2.32. The van der Waals surface area contributed by atoms with E-state index in [1.807, 2.05) is 0 Å². The van der Waals surface area contributed by atoms with Gasteiger partial charge in [-0.25, -0.2) is 0 Å². The topological polar surface area (TPSA) is 32.5 Å². The molecule has 1 heterocycles. The average Bonchev–Trinajstić information content (AvgIpc) is 2.80. The Hall–Kier alpha value is -1.06. The highest BCUT2D eigenvalue weighted by Crippen LogP contribution is 2.31. The molecule has 2 unspecified atom stereocenters. The van der Waals surface area contributed by atoms with E-state index >= 15 is 0 Å². The second-order valence-electron chi connectivity index (χ2n) is 5.73. The second-order valence-corrected chi connectivity index (χ2v) is 5.73. The number of fused-ring (bicyclic) bond motifs is 1. The van der Waals surface area contributed by atoms with Crippen molar-refractivity contribution in [3.63, 3.8) is 0 Å². The van der Waals surface area contributed by atoms with Gasteiger partial charge in [0.15, 0.2) is 0 Å². The number of nitrogens with zero attached hydrogens (tertiary/aromatic N) is 2. The number of rotatable bonds is 5. The maximum atomic E-state index is 6.02. The van der Waals surface area contributed by atoms with Gasteiger partial charge in [0.1, 0.15) is 0 Å². The summed E-state index contributed by atoms with van der Waals surface area (Å²) in [5.41, 5.74) is 10.2. The van der Waals surface area contributed by atoms with Gasteiger partial charge < -0.3 is 10.6 Å². The van der Waals surface area contributed by atoms with Crippen molar-refractivity contribution in [2.24, 2.45) is 5.73 Å². The first kappa shape index (κ1) is 14.4. The number of nitrogens with two attached hydrogens (primary N) is 1. The fourth-order valence-corrected chi connectivity index (χ4v) is 2.93. The third-order valence-corrected chi connectivity index (χ3v) is 4.62. The molecule has 0 bridgehead atoms. The Bertz CT molecular complexity index is 430. The van der Waals surface area contributed by atoms with Crippen LogP contribution in [0, 0.1) is 0 Å². The first-order chi connectivity index (χ1) is 9.08. The zero-order valence-corrected chi connectivity index (χ0v) is 12.7. The molecule has 0 saturated heterocycles. The summed E-state index contributed by atoms with van der Waals surface area (Å²) >= 11 is 0. The molecule has 3 nitrogen and oxygen atoms in total. The van der Waals surface area contributed by atoms with Gasteiger partial charge in [-0.1, -0.05) is 19.1 Å². The molecule has 0 spiro atoms. The monoisotopic (exact) mass is 261 g/mol. The summed E-state index contributed by atoms with van der Waals surface area (Å²) in [5.74, 6) is 0. The summed E-state index contributed by atoms with van der Waals surface area (Å²) < 4.78 is 0. The summed E-state index contributed by atoms with van der Waals surface area (Å²) in [5, 5.41) is 0. The van der Waals surface area contributed by atoms with Gasteiger partial charge >= 0.3 is 0 Å². The number of anilines is 1. The minimum Gasteiger partial charge on any atom is -0.374 e. The van der Waals surface area contributed by atoms with Crippen LogP contribution in [0.25, 0.3) is 0 Å². The van der Waals surface area contributed by atoms with Crippen LogP contribution in [0.1, 0.15) is 37.4 Å². The maximum absolute atomic E-state index is 6.02. The van der Waals surface area contributed by atoms with Gasteiger partial charge in [0.2, 0.25) is 0 Å². The number of hydrogen-bond acceptors (Lipinski definition) is 3. The molecule has 1 aromatic rings. The smallest absolute Gasteiger partial charge is 0.0470 e. The summed E-state index contributed by atoms with van der Waals surface area (Å²) in [4.78, 5) is 4.73. The van der Waals surface area contributed by atoms with Crippen LogP contribution in [0.5, 0.6) is 0 Å². The van der Waals surface area contributed by atoms with Crippen LogP contribution in [0.2, 0.25) is 0 Å². The number of hydrogen-bond donors (Lipinski definition) is 1. The van der Waals surface area contributed by atoms with Crippen LogP contribution in [-0.2, 0) is 6.42 Å². The molecular weight excluding hydrogens is 234 g/mol. The molecule has 0 aromatic heterocycles. The van der Waals surface area contributed by atoms with Crippen molar-refractivity contribution in [2.45, 2.75) is 38.8 Å². The Morgan fingerprint density at radius 3 is 2.79 bits per heavy atom. The fourth-order valence-electron chi connectivity index (χ4n) is 2.93. The van der Waals surface area contributed by atoms with Gasteiger partial charge in [0, 0.05) is 37.9 Å². The highest BCUT2D eigenvalue weighted by molar-refractivity contribution is 5.58. The van der Waals surface area contributed by atoms with E-state index in [0.29, 0.717) is 18.6 Å². The minimum atomic E-state index is 0.325. The van der Waals surface area contributed by atoms with Crippen molar-refractivity contribution in [1.29, 1.82) is 0 Å². The van der Waals surface area contributed by atoms with E-state index in [9.17, 15) is 0 Å². The molecule has 0 fully saturated rings. The van der Waals surface area contributed by atoms with Crippen LogP contribution in [0.3, 0.4) is 0 Å². The van der Waals surface area contributed by atoms with Crippen molar-refractivity contribution < 1.29 is 0 Å². The molecule has 1 aliphatic rings. The Morgan fingerprint density at radius 1 is 1.42 bits per heavy atom. The van der Waals surface area contributed by atoms with E-state index < -0.39 is 0 Å². The lowest BCUT2D eigenvalue weighted by molar-refractivity contribution is 0.184. The van der Waals surface area contributed by atoms with Crippen molar-refractivity contribution in [2.75, 3.05) is 32.1 Å². The molecular formula is C16H27N3. The van der Waals surface area contributed by atoms with E-state index in [2.05, 4.69) is 55.9 Å². The molecule has 2 N–H and O–H groups in total. The molecule has 106 valence electrons. The Balaban J connectivity index is 2.25. The van der Waals surface area contributed by atoms with Gasteiger partial charge in [0.05, 0.1) is 0 Å². The summed E-state index contributed by atoms with van der Waals surface area (Å²) in [6.45, 7) is 6.30. The molecule has 19 heavy (non-hydrogen) atoms. The zero-order chi connectivity index (χ0) is 14.0. The van der Waals surface area contributed by atoms with Crippen molar-refractivity contribution in [3.05, 3.63) is 29.3 Å². The second kappa shape index (κ2) is 5.93. The third kappa shape index (κ3) is 2.77. The van der Waals surface area contributed by atoms with Crippen LogP contribution < -0.4 is 10.6 Å². The predicted molar refractivity (Wildman–Crippen MR) is 82.7 cm³/mol. The third-order valence-electron chi connectivity index (χ3n) is 4.62. The Kier molecular flexibility index (Phi) is 4.48. The van der Waals surface area contributed by atoms with Gasteiger partial charge in [0.25, 0.3) is 0 Å². The molecule has 1 aromatic carbocycles. The Morgan fingerprint density at radius 2 is 2.16 bits per heavy atom. The van der Waals surface area contributed by atoms with E-state index in [1.165, 1.54) is 16.8 Å². The number of benzene rings is 1. The zero-order valence-electron chi connectivity index (χ0n) is 12.7. The van der Waals surface area contributed by atoms with E-state index in [0.717, 1.165) is 19.4 Å². The highest BCUT2D eigenvalue weighted by atomic mass is 15.2. The molecule has 0 radical (unpaired) electrons. The van der Waals surface area contributed by atoms with Gasteiger partial charge in [-0.3, -0.25) is 4.90 Å². The van der Waals surface area contributed by atoms with Crippen LogP contribution in [0.4, 0.5) is 5.69 Å². The molecule has 3 heteroatoms. The Labute approximate surface area is 117 Å². The van der Waals surface area contributed by atoms with Crippen LogP contribution >= 0.6 is 0 Å². The van der Waals surface area contributed by atoms with Crippen LogP contribution in [0.15, 0.2) is 18.2 Å². The van der Waals surface area contributed by atoms with E-state index in [4.69, 9.17) is 5.73 Å². The lowest BCUT2D eigenvalue weighted by Crippen LogP contribution is -2.36. The maximum Gasteiger partial charge on any atom is 0.0470 e. The van der Waals surface area contributed by atoms with E-state index in [1.54, 1.807) is 0 Å². The minimum absolute atomic E-state index is 0.325. The van der Waals surface area contributed by atoms with Crippen molar-refractivity contribution in [3.8, 4) is 0 Å². The van der Waals surface area contributed by atoms with Crippen molar-refractivity contribution in [1.82, 2.24) is 4.90 Å². The van der Waals surface area contributed by atoms with Gasteiger partial charge in [-0.15, -0.1) is 0 Å². The number of likely N-dealkylation sites (N-methyl/N-ethyl adjacent to an activating group) is 2. The van der Waals surface area contributed by atoms with Gasteiger partial charge in [-0.05, 0) is 44.0 Å². The van der Waals surface area contributed by atoms with E-state index in [-0.39, 0.29) is 0 Å². The quantitative estimate of drug-likeness (QED) is 0.883. The summed E-state index contributed by atoms with van der Waals surface area (Å²) in [6, 6.07) is 7.74. The molecule has 0 aliphatic carbocycles. The van der Waals surface area contributed by atoms with Crippen molar-refractivity contribution >= 4 is 5.69 Å². The standard InChI is InChI=1S/C16H27N3/c1-5-12(2)19(4)16(11-17)13-6-7-15-14(10-13)8-9-18(15)3/h6-7,10,12,16H,5,8-9,11,17H2,1-4H3. The highest BCUT2D eigenvalue weighted by Gasteiger charge is 2.22. The van der Waals surface area contributed by atoms with Crippen LogP contribution in [-0.4, -0.2) is 38.1 Å². The summed E-state index contributed by atoms with van der Waals surface area (Å²) in [7, 11) is 4.35. The molecule has 2 atom stereocenters. The molecule has 0 saturated carbocycles. The SMILES string of the molecule is CCC(C)N(C)C(CN)c1ccc2c(c1)CCN2C. The molecule has 0 amide bonds. The summed E-state index contributed by atoms with van der Waals surface area (Å²) in [6.07, 6.45) is 2.31. The first-order valence-corrected chi connectivity index (χ1v) is 7.34. The molecule has 2 rings (SSSR count). The molecule has 1 aliphatic heterocycles. The lowest BCUT2D eigenvalue weighted by atomic mass is 10.00. The predicted octanol–water partition coefficient (Wildman–Crippen LogP) is 2.41. The fraction of sp³-hybridized carbons (Fsp3) is 0.625. The largest absolute Gasteiger partial charge is 0.374 e. The normalized spacial score (nSPS) is 17.7.